The largest absolute Gasteiger partial charge is 0.378 e. The minimum atomic E-state index is 0.569. The van der Waals surface area contributed by atoms with Gasteiger partial charge in [-0.05, 0) is 32.0 Å². The summed E-state index contributed by atoms with van der Waals surface area (Å²) in [6.45, 7) is 7.22. The lowest BCUT2D eigenvalue weighted by atomic mass is 10.2. The van der Waals surface area contributed by atoms with E-state index in [9.17, 15) is 0 Å². The highest BCUT2D eigenvalue weighted by molar-refractivity contribution is 5.64. The summed E-state index contributed by atoms with van der Waals surface area (Å²) in [6, 6.07) is 6.03. The van der Waals surface area contributed by atoms with Crippen LogP contribution in [0, 0.1) is 13.8 Å². The lowest BCUT2D eigenvalue weighted by molar-refractivity contribution is 0.122. The third kappa shape index (κ3) is 3.23. The molecule has 0 saturated carbocycles. The molecule has 0 radical (unpaired) electrons. The summed E-state index contributed by atoms with van der Waals surface area (Å²) in [4.78, 5) is 15.7. The van der Waals surface area contributed by atoms with Crippen molar-refractivity contribution in [3.63, 3.8) is 0 Å². The average Bonchev–Trinajstić information content (AvgIpc) is 3.01. The molecule has 0 aliphatic carbocycles. The standard InChI is InChI=1S/C18H20N6O/c1-13-9-14(2)24(22-13)18-20-4-3-17(21-18)15-10-16(12-19-11-15)23-5-7-25-8-6-23/h3-4,9-12H,5-8H2,1-2H3. The Morgan fingerprint density at radius 3 is 2.68 bits per heavy atom. The fraction of sp³-hybridized carbons (Fsp3) is 0.333. The quantitative estimate of drug-likeness (QED) is 0.730. The van der Waals surface area contributed by atoms with E-state index in [1.165, 1.54) is 0 Å². The summed E-state index contributed by atoms with van der Waals surface area (Å²) in [7, 11) is 0. The zero-order valence-corrected chi connectivity index (χ0v) is 14.4. The first-order valence-corrected chi connectivity index (χ1v) is 8.35. The number of anilines is 1. The van der Waals surface area contributed by atoms with E-state index in [2.05, 4.69) is 31.0 Å². The van der Waals surface area contributed by atoms with Crippen LogP contribution in [0.25, 0.3) is 17.2 Å². The van der Waals surface area contributed by atoms with Gasteiger partial charge >= 0.3 is 0 Å². The number of aryl methyl sites for hydroxylation is 2. The Labute approximate surface area is 146 Å². The van der Waals surface area contributed by atoms with Crippen molar-refractivity contribution in [1.82, 2.24) is 24.7 Å². The van der Waals surface area contributed by atoms with Crippen LogP contribution in [0.2, 0.25) is 0 Å². The van der Waals surface area contributed by atoms with Gasteiger partial charge in [-0.15, -0.1) is 0 Å². The van der Waals surface area contributed by atoms with Crippen LogP contribution >= 0.6 is 0 Å². The zero-order valence-electron chi connectivity index (χ0n) is 14.4. The first kappa shape index (κ1) is 15.7. The Kier molecular flexibility index (Phi) is 4.15. The third-order valence-electron chi connectivity index (χ3n) is 4.24. The summed E-state index contributed by atoms with van der Waals surface area (Å²) >= 11 is 0. The van der Waals surface area contributed by atoms with Gasteiger partial charge in [0, 0.05) is 36.7 Å². The smallest absolute Gasteiger partial charge is 0.251 e. The van der Waals surface area contributed by atoms with E-state index in [1.807, 2.05) is 38.4 Å². The molecule has 7 nitrogen and oxygen atoms in total. The molecule has 0 atom stereocenters. The van der Waals surface area contributed by atoms with Gasteiger partial charge in [0.2, 0.25) is 0 Å². The highest BCUT2D eigenvalue weighted by atomic mass is 16.5. The number of ether oxygens (including phenoxy) is 1. The van der Waals surface area contributed by atoms with Gasteiger partial charge in [-0.1, -0.05) is 0 Å². The van der Waals surface area contributed by atoms with Gasteiger partial charge in [0.05, 0.1) is 36.5 Å². The van der Waals surface area contributed by atoms with Crippen LogP contribution in [0.1, 0.15) is 11.4 Å². The third-order valence-corrected chi connectivity index (χ3v) is 4.24. The maximum Gasteiger partial charge on any atom is 0.251 e. The molecule has 128 valence electrons. The van der Waals surface area contributed by atoms with E-state index in [4.69, 9.17) is 4.74 Å². The predicted octanol–water partition coefficient (Wildman–Crippen LogP) is 2.18. The molecule has 0 amide bonds. The molecule has 7 heteroatoms. The zero-order chi connectivity index (χ0) is 17.2. The summed E-state index contributed by atoms with van der Waals surface area (Å²) < 4.78 is 7.18. The lowest BCUT2D eigenvalue weighted by Gasteiger charge is -2.28. The molecule has 3 aromatic heterocycles. The molecule has 0 aromatic carbocycles. The topological polar surface area (TPSA) is 69.0 Å². The maximum atomic E-state index is 5.42. The molecular formula is C18H20N6O. The van der Waals surface area contributed by atoms with Gasteiger partial charge in [0.15, 0.2) is 0 Å². The van der Waals surface area contributed by atoms with Crippen molar-refractivity contribution >= 4 is 5.69 Å². The van der Waals surface area contributed by atoms with E-state index >= 15 is 0 Å². The molecule has 0 bridgehead atoms. The van der Waals surface area contributed by atoms with Gasteiger partial charge in [0.1, 0.15) is 0 Å². The van der Waals surface area contributed by atoms with E-state index in [0.717, 1.165) is 54.6 Å². The molecule has 0 N–H and O–H groups in total. The van der Waals surface area contributed by atoms with Crippen molar-refractivity contribution in [2.75, 3.05) is 31.2 Å². The van der Waals surface area contributed by atoms with Crippen LogP contribution in [-0.4, -0.2) is 51.0 Å². The number of morpholine rings is 1. The van der Waals surface area contributed by atoms with Crippen molar-refractivity contribution in [2.45, 2.75) is 13.8 Å². The predicted molar refractivity (Wildman–Crippen MR) is 94.9 cm³/mol. The number of rotatable bonds is 3. The fourth-order valence-electron chi connectivity index (χ4n) is 3.00. The number of hydrogen-bond donors (Lipinski definition) is 0. The van der Waals surface area contributed by atoms with Gasteiger partial charge in [-0.25, -0.2) is 14.6 Å². The monoisotopic (exact) mass is 336 g/mol. The first-order valence-electron chi connectivity index (χ1n) is 8.35. The Hall–Kier alpha value is -2.80. The van der Waals surface area contributed by atoms with Crippen LogP contribution in [0.4, 0.5) is 5.69 Å². The molecule has 4 rings (SSSR count). The second-order valence-electron chi connectivity index (χ2n) is 6.11. The summed E-state index contributed by atoms with van der Waals surface area (Å²) in [5, 5.41) is 4.46. The molecule has 1 aliphatic heterocycles. The number of aromatic nitrogens is 5. The molecule has 3 aromatic rings. The average molecular weight is 336 g/mol. The summed E-state index contributed by atoms with van der Waals surface area (Å²) in [5.74, 6) is 0.569. The van der Waals surface area contributed by atoms with Crippen LogP contribution in [0.15, 0.2) is 36.8 Å². The minimum Gasteiger partial charge on any atom is -0.378 e. The molecular weight excluding hydrogens is 316 g/mol. The molecule has 0 spiro atoms. The number of pyridine rings is 1. The van der Waals surface area contributed by atoms with Gasteiger partial charge in [-0.2, -0.15) is 5.10 Å². The summed E-state index contributed by atoms with van der Waals surface area (Å²) in [6.07, 6.45) is 5.48. The van der Waals surface area contributed by atoms with Gasteiger partial charge in [-0.3, -0.25) is 4.98 Å². The molecule has 4 heterocycles. The number of hydrogen-bond acceptors (Lipinski definition) is 6. The first-order chi connectivity index (χ1) is 12.2. The van der Waals surface area contributed by atoms with E-state index in [0.29, 0.717) is 5.95 Å². The van der Waals surface area contributed by atoms with E-state index in [1.54, 1.807) is 10.9 Å². The van der Waals surface area contributed by atoms with Crippen molar-refractivity contribution in [3.05, 3.63) is 48.2 Å². The SMILES string of the molecule is Cc1cc(C)n(-c2nccc(-c3cncc(N4CCOCC4)c3)n2)n1. The van der Waals surface area contributed by atoms with Crippen LogP contribution in [0.5, 0.6) is 0 Å². The van der Waals surface area contributed by atoms with Crippen LogP contribution < -0.4 is 4.90 Å². The highest BCUT2D eigenvalue weighted by Crippen LogP contribution is 2.23. The van der Waals surface area contributed by atoms with Crippen molar-refractivity contribution < 1.29 is 4.74 Å². The van der Waals surface area contributed by atoms with Crippen molar-refractivity contribution in [1.29, 1.82) is 0 Å². The fourth-order valence-corrected chi connectivity index (χ4v) is 3.00. The van der Waals surface area contributed by atoms with Crippen molar-refractivity contribution in [3.8, 4) is 17.2 Å². The minimum absolute atomic E-state index is 0.569. The van der Waals surface area contributed by atoms with Crippen LogP contribution in [-0.2, 0) is 4.74 Å². The van der Waals surface area contributed by atoms with Gasteiger partial charge in [0.25, 0.3) is 5.95 Å². The Morgan fingerprint density at radius 1 is 1.08 bits per heavy atom. The second kappa shape index (κ2) is 6.60. The normalized spacial score (nSPS) is 14.7. The molecule has 1 aliphatic rings. The molecule has 1 saturated heterocycles. The Morgan fingerprint density at radius 2 is 1.92 bits per heavy atom. The summed E-state index contributed by atoms with van der Waals surface area (Å²) in [5.41, 5.74) is 4.85. The van der Waals surface area contributed by atoms with Crippen molar-refractivity contribution in [2.24, 2.45) is 0 Å². The second-order valence-corrected chi connectivity index (χ2v) is 6.11. The maximum absolute atomic E-state index is 5.42. The molecule has 0 unspecified atom stereocenters. The number of nitrogens with zero attached hydrogens (tertiary/aromatic N) is 6. The Balaban J connectivity index is 1.68. The highest BCUT2D eigenvalue weighted by Gasteiger charge is 2.13. The Bertz CT molecular complexity index is 885. The molecule has 25 heavy (non-hydrogen) atoms. The van der Waals surface area contributed by atoms with Crippen LogP contribution in [0.3, 0.4) is 0 Å². The van der Waals surface area contributed by atoms with E-state index < -0.39 is 0 Å². The van der Waals surface area contributed by atoms with E-state index in [-0.39, 0.29) is 0 Å². The lowest BCUT2D eigenvalue weighted by Crippen LogP contribution is -2.36. The molecule has 1 fully saturated rings. The van der Waals surface area contributed by atoms with Gasteiger partial charge < -0.3 is 9.64 Å².